The Bertz CT molecular complexity index is 1080. The summed E-state index contributed by atoms with van der Waals surface area (Å²) in [5.74, 6) is -0.176. The van der Waals surface area contributed by atoms with Gasteiger partial charge in [0.25, 0.3) is 5.91 Å². The third-order valence-electron chi connectivity index (χ3n) is 4.86. The maximum atomic E-state index is 12.0. The molecule has 3 aromatic rings. The molecule has 1 aliphatic heterocycles. The molecule has 1 aliphatic carbocycles. The van der Waals surface area contributed by atoms with E-state index in [2.05, 4.69) is 30.6 Å². The first-order valence-electron chi connectivity index (χ1n) is 9.19. The lowest BCUT2D eigenvalue weighted by Gasteiger charge is -2.27. The first-order chi connectivity index (χ1) is 14.1. The smallest absolute Gasteiger partial charge is 0.314 e. The Morgan fingerprint density at radius 2 is 1.90 bits per heavy atom. The maximum Gasteiger partial charge on any atom is 0.314 e. The fraction of sp³-hybridized carbons (Fsp3) is 0.211. The Morgan fingerprint density at radius 1 is 1.14 bits per heavy atom. The van der Waals surface area contributed by atoms with E-state index in [0.717, 1.165) is 29.8 Å². The van der Waals surface area contributed by atoms with Crippen LogP contribution >= 0.6 is 0 Å². The van der Waals surface area contributed by atoms with Gasteiger partial charge in [0, 0.05) is 24.0 Å². The molecule has 1 unspecified atom stereocenters. The minimum atomic E-state index is -0.763. The van der Waals surface area contributed by atoms with Crippen molar-refractivity contribution in [3.63, 3.8) is 0 Å². The summed E-state index contributed by atoms with van der Waals surface area (Å²) in [7, 11) is 0. The minimum absolute atomic E-state index is 0.0751. The second kappa shape index (κ2) is 6.59. The van der Waals surface area contributed by atoms with Gasteiger partial charge in [-0.15, -0.1) is 0 Å². The number of primary amides is 1. The number of aromatic nitrogens is 4. The summed E-state index contributed by atoms with van der Waals surface area (Å²) in [6, 6.07) is 7.58. The Labute approximate surface area is 165 Å². The zero-order valence-corrected chi connectivity index (χ0v) is 15.3. The lowest BCUT2D eigenvalue weighted by atomic mass is 10.2. The number of fused-ring (bicyclic) bond motifs is 1. The SMILES string of the molecule is NC(=O)c1nc(O)ncc1N1c2ccccc2NC1c1cnc(NC2CC2)nc1. The van der Waals surface area contributed by atoms with Crippen LogP contribution in [0.1, 0.15) is 35.1 Å². The van der Waals surface area contributed by atoms with Crippen molar-refractivity contribution in [2.45, 2.75) is 25.0 Å². The molecule has 10 heteroatoms. The highest BCUT2D eigenvalue weighted by molar-refractivity contribution is 5.99. The predicted molar refractivity (Wildman–Crippen MR) is 106 cm³/mol. The standard InChI is InChI=1S/C19H18N8O2/c20-16(28)15-14(9-23-19(29)26-15)27-13-4-2-1-3-12(13)25-17(27)10-7-21-18(22-8-10)24-11-5-6-11/h1-4,7-9,11,17,25H,5-6H2,(H2,20,28)(H,21,22,24)(H,23,26,29). The van der Waals surface area contributed by atoms with Gasteiger partial charge >= 0.3 is 6.01 Å². The maximum absolute atomic E-state index is 12.0. The van der Waals surface area contributed by atoms with Crippen molar-refractivity contribution in [1.29, 1.82) is 0 Å². The molecule has 1 fully saturated rings. The van der Waals surface area contributed by atoms with Crippen molar-refractivity contribution in [2.75, 3.05) is 15.5 Å². The quantitative estimate of drug-likeness (QED) is 0.514. The van der Waals surface area contributed by atoms with E-state index in [0.29, 0.717) is 17.7 Å². The van der Waals surface area contributed by atoms with Crippen molar-refractivity contribution < 1.29 is 9.90 Å². The second-order valence-corrected chi connectivity index (χ2v) is 6.96. The van der Waals surface area contributed by atoms with Gasteiger partial charge in [-0.25, -0.2) is 15.0 Å². The fourth-order valence-electron chi connectivity index (χ4n) is 3.35. The van der Waals surface area contributed by atoms with Gasteiger partial charge in [-0.3, -0.25) is 4.79 Å². The van der Waals surface area contributed by atoms with Crippen molar-refractivity contribution in [2.24, 2.45) is 5.73 Å². The highest BCUT2D eigenvalue weighted by atomic mass is 16.3. The minimum Gasteiger partial charge on any atom is -0.479 e. The van der Waals surface area contributed by atoms with Gasteiger partial charge in [0.15, 0.2) is 5.69 Å². The summed E-state index contributed by atoms with van der Waals surface area (Å²) in [4.78, 5) is 30.3. The first-order valence-corrected chi connectivity index (χ1v) is 9.19. The van der Waals surface area contributed by atoms with Crippen LogP contribution in [-0.4, -0.2) is 37.0 Å². The van der Waals surface area contributed by atoms with Gasteiger partial charge in [-0.05, 0) is 25.0 Å². The van der Waals surface area contributed by atoms with Gasteiger partial charge in [0.2, 0.25) is 5.95 Å². The number of carbonyl (C=O) groups is 1. The zero-order chi connectivity index (χ0) is 20.0. The molecule has 1 aromatic carbocycles. The number of nitrogens with zero attached hydrogens (tertiary/aromatic N) is 5. The number of hydrogen-bond donors (Lipinski definition) is 4. The molecule has 29 heavy (non-hydrogen) atoms. The van der Waals surface area contributed by atoms with Crippen molar-refractivity contribution in [1.82, 2.24) is 19.9 Å². The molecule has 3 heterocycles. The molecular formula is C19H18N8O2. The van der Waals surface area contributed by atoms with Crippen molar-refractivity contribution in [3.8, 4) is 6.01 Å². The van der Waals surface area contributed by atoms with E-state index in [1.807, 2.05) is 29.2 Å². The molecule has 5 N–H and O–H groups in total. The Balaban J connectivity index is 1.57. The number of benzene rings is 1. The number of amides is 1. The van der Waals surface area contributed by atoms with Crippen LogP contribution in [0.15, 0.2) is 42.9 Å². The van der Waals surface area contributed by atoms with E-state index in [1.54, 1.807) is 12.4 Å². The Morgan fingerprint density at radius 3 is 2.62 bits per heavy atom. The van der Waals surface area contributed by atoms with Gasteiger partial charge < -0.3 is 26.4 Å². The summed E-state index contributed by atoms with van der Waals surface area (Å²) < 4.78 is 0. The van der Waals surface area contributed by atoms with E-state index in [9.17, 15) is 9.90 Å². The lowest BCUT2D eigenvalue weighted by molar-refractivity contribution is 0.0995. The van der Waals surface area contributed by atoms with Gasteiger partial charge in [-0.1, -0.05) is 12.1 Å². The van der Waals surface area contributed by atoms with Crippen LogP contribution in [0.25, 0.3) is 0 Å². The molecule has 10 nitrogen and oxygen atoms in total. The third-order valence-corrected chi connectivity index (χ3v) is 4.86. The molecule has 146 valence electrons. The number of nitrogens with two attached hydrogens (primary N) is 1. The Hall–Kier alpha value is -3.95. The molecule has 0 spiro atoms. The molecule has 5 rings (SSSR count). The number of rotatable bonds is 5. The topological polar surface area (TPSA) is 142 Å². The Kier molecular flexibility index (Phi) is 3.90. The number of hydrogen-bond acceptors (Lipinski definition) is 9. The number of anilines is 4. The molecule has 1 saturated carbocycles. The molecule has 0 radical (unpaired) electrons. The van der Waals surface area contributed by atoms with Crippen LogP contribution in [0.4, 0.5) is 23.0 Å². The van der Waals surface area contributed by atoms with Crippen LogP contribution in [0.2, 0.25) is 0 Å². The van der Waals surface area contributed by atoms with Crippen molar-refractivity contribution >= 4 is 28.9 Å². The molecule has 1 atom stereocenters. The molecule has 1 amide bonds. The highest BCUT2D eigenvalue weighted by Gasteiger charge is 2.34. The summed E-state index contributed by atoms with van der Waals surface area (Å²) in [5.41, 5.74) is 8.26. The van der Waals surface area contributed by atoms with Gasteiger partial charge in [-0.2, -0.15) is 4.98 Å². The molecule has 2 aliphatic rings. The molecule has 0 bridgehead atoms. The molecule has 2 aromatic heterocycles. The van der Waals surface area contributed by atoms with Crippen LogP contribution in [0.5, 0.6) is 6.01 Å². The predicted octanol–water partition coefficient (Wildman–Crippen LogP) is 1.91. The van der Waals surface area contributed by atoms with Crippen LogP contribution in [0, 0.1) is 0 Å². The van der Waals surface area contributed by atoms with Gasteiger partial charge in [0.1, 0.15) is 6.17 Å². The average molecular weight is 390 g/mol. The van der Waals surface area contributed by atoms with Crippen LogP contribution < -0.4 is 21.3 Å². The first kappa shape index (κ1) is 17.2. The molecular weight excluding hydrogens is 372 g/mol. The summed E-state index contributed by atoms with van der Waals surface area (Å²) in [6.07, 6.45) is 6.71. The number of para-hydroxylation sites is 2. The highest BCUT2D eigenvalue weighted by Crippen LogP contribution is 2.46. The van der Waals surface area contributed by atoms with E-state index in [-0.39, 0.29) is 5.69 Å². The number of carbonyl (C=O) groups excluding carboxylic acids is 1. The van der Waals surface area contributed by atoms with Crippen molar-refractivity contribution in [3.05, 3.63) is 54.1 Å². The fourth-order valence-corrected chi connectivity index (χ4v) is 3.35. The summed E-state index contributed by atoms with van der Waals surface area (Å²) in [5, 5.41) is 16.3. The largest absolute Gasteiger partial charge is 0.479 e. The third kappa shape index (κ3) is 3.14. The van der Waals surface area contributed by atoms with E-state index in [4.69, 9.17) is 5.73 Å². The number of nitrogens with one attached hydrogen (secondary N) is 2. The van der Waals surface area contributed by atoms with Gasteiger partial charge in [0.05, 0.1) is 23.3 Å². The second-order valence-electron chi connectivity index (χ2n) is 6.96. The number of aromatic hydroxyl groups is 1. The lowest BCUT2D eigenvalue weighted by Crippen LogP contribution is -2.27. The van der Waals surface area contributed by atoms with E-state index >= 15 is 0 Å². The monoisotopic (exact) mass is 390 g/mol. The summed E-state index contributed by atoms with van der Waals surface area (Å²) >= 11 is 0. The molecule has 0 saturated heterocycles. The summed E-state index contributed by atoms with van der Waals surface area (Å²) in [6.45, 7) is 0. The average Bonchev–Trinajstić information content (AvgIpc) is 3.46. The normalized spacial score (nSPS) is 17.5. The zero-order valence-electron chi connectivity index (χ0n) is 15.3. The van der Waals surface area contributed by atoms with E-state index in [1.165, 1.54) is 6.20 Å². The van der Waals surface area contributed by atoms with Crippen LogP contribution in [0.3, 0.4) is 0 Å². The van der Waals surface area contributed by atoms with Crippen LogP contribution in [-0.2, 0) is 0 Å². The van der Waals surface area contributed by atoms with E-state index < -0.39 is 18.1 Å².